The second kappa shape index (κ2) is 5.14. The Balaban J connectivity index is 2.16. The fraction of sp³-hybridized carbons (Fsp3) is 0.889. The van der Waals surface area contributed by atoms with E-state index in [-0.39, 0.29) is 11.9 Å². The highest BCUT2D eigenvalue weighted by atomic mass is 16.2. The number of carbonyl (C=O) groups is 1. The maximum absolute atomic E-state index is 11.2. The standard InChI is InChI=1S/C9H18N2O/c1-2-3-4-5-8-9(12)11-7-6-10-8/h8,10H,2-7H2,1H3,(H,11,12). The zero-order chi connectivity index (χ0) is 8.81. The van der Waals surface area contributed by atoms with Crippen LogP contribution in [0.2, 0.25) is 0 Å². The molecule has 1 atom stereocenters. The molecule has 0 aromatic carbocycles. The topological polar surface area (TPSA) is 41.1 Å². The van der Waals surface area contributed by atoms with E-state index in [1.807, 2.05) is 0 Å². The summed E-state index contributed by atoms with van der Waals surface area (Å²) in [6, 6.07) is 0.0744. The number of unbranched alkanes of at least 4 members (excludes halogenated alkanes) is 2. The number of hydrogen-bond donors (Lipinski definition) is 2. The molecule has 1 heterocycles. The third-order valence-electron chi connectivity index (χ3n) is 2.23. The first-order valence-corrected chi connectivity index (χ1v) is 4.85. The van der Waals surface area contributed by atoms with Gasteiger partial charge in [-0.3, -0.25) is 4.79 Å². The fourth-order valence-electron chi connectivity index (χ4n) is 1.48. The van der Waals surface area contributed by atoms with E-state index in [2.05, 4.69) is 17.6 Å². The molecule has 1 unspecified atom stereocenters. The summed E-state index contributed by atoms with van der Waals surface area (Å²) in [5, 5.41) is 6.07. The molecule has 70 valence electrons. The monoisotopic (exact) mass is 170 g/mol. The number of rotatable bonds is 4. The molecule has 0 spiro atoms. The summed E-state index contributed by atoms with van der Waals surface area (Å²) in [6.45, 7) is 3.88. The molecule has 1 saturated heterocycles. The second-order valence-corrected chi connectivity index (χ2v) is 3.29. The van der Waals surface area contributed by atoms with E-state index >= 15 is 0 Å². The number of amides is 1. The predicted octanol–water partition coefficient (Wildman–Crippen LogP) is 0.655. The second-order valence-electron chi connectivity index (χ2n) is 3.29. The van der Waals surface area contributed by atoms with Gasteiger partial charge in [0.2, 0.25) is 5.91 Å². The molecule has 1 fully saturated rings. The third kappa shape index (κ3) is 2.81. The van der Waals surface area contributed by atoms with E-state index < -0.39 is 0 Å². The molecule has 1 aliphatic rings. The van der Waals surface area contributed by atoms with Crippen LogP contribution >= 0.6 is 0 Å². The van der Waals surface area contributed by atoms with Crippen LogP contribution in [-0.4, -0.2) is 25.0 Å². The van der Waals surface area contributed by atoms with Crippen LogP contribution in [0, 0.1) is 0 Å². The van der Waals surface area contributed by atoms with E-state index in [0.717, 1.165) is 25.9 Å². The Hall–Kier alpha value is -0.570. The van der Waals surface area contributed by atoms with Crippen molar-refractivity contribution >= 4 is 5.91 Å². The highest BCUT2D eigenvalue weighted by molar-refractivity contribution is 5.82. The van der Waals surface area contributed by atoms with Gasteiger partial charge in [-0.2, -0.15) is 0 Å². The zero-order valence-corrected chi connectivity index (χ0v) is 7.73. The molecule has 1 rings (SSSR count). The Kier molecular flexibility index (Phi) is 4.08. The van der Waals surface area contributed by atoms with Crippen molar-refractivity contribution in [2.45, 2.75) is 38.6 Å². The summed E-state index contributed by atoms with van der Waals surface area (Å²) < 4.78 is 0. The minimum absolute atomic E-state index is 0.0744. The Bertz CT molecular complexity index is 147. The lowest BCUT2D eigenvalue weighted by Crippen LogP contribution is -2.52. The molecular weight excluding hydrogens is 152 g/mol. The first-order valence-electron chi connectivity index (χ1n) is 4.85. The van der Waals surface area contributed by atoms with Crippen LogP contribution < -0.4 is 10.6 Å². The highest BCUT2D eigenvalue weighted by Crippen LogP contribution is 2.04. The molecular formula is C9H18N2O. The van der Waals surface area contributed by atoms with Crippen molar-refractivity contribution < 1.29 is 4.79 Å². The van der Waals surface area contributed by atoms with Crippen molar-refractivity contribution in [3.8, 4) is 0 Å². The lowest BCUT2D eigenvalue weighted by molar-refractivity contribution is -0.124. The zero-order valence-electron chi connectivity index (χ0n) is 7.73. The van der Waals surface area contributed by atoms with Crippen LogP contribution in [0.1, 0.15) is 32.6 Å². The van der Waals surface area contributed by atoms with Crippen molar-refractivity contribution in [1.29, 1.82) is 0 Å². The van der Waals surface area contributed by atoms with Crippen LogP contribution in [-0.2, 0) is 4.79 Å². The normalized spacial score (nSPS) is 23.8. The van der Waals surface area contributed by atoms with Crippen LogP contribution in [0.5, 0.6) is 0 Å². The van der Waals surface area contributed by atoms with Crippen LogP contribution in [0.4, 0.5) is 0 Å². The molecule has 3 heteroatoms. The van der Waals surface area contributed by atoms with Gasteiger partial charge < -0.3 is 10.6 Å². The number of hydrogen-bond acceptors (Lipinski definition) is 2. The van der Waals surface area contributed by atoms with Gasteiger partial charge in [-0.15, -0.1) is 0 Å². The first-order chi connectivity index (χ1) is 5.84. The average molecular weight is 170 g/mol. The molecule has 1 aliphatic heterocycles. The van der Waals surface area contributed by atoms with Gasteiger partial charge in [-0.25, -0.2) is 0 Å². The summed E-state index contributed by atoms with van der Waals surface area (Å²) in [6.07, 6.45) is 4.58. The quantitative estimate of drug-likeness (QED) is 0.608. The van der Waals surface area contributed by atoms with E-state index in [4.69, 9.17) is 0 Å². The first kappa shape index (κ1) is 9.52. The van der Waals surface area contributed by atoms with Crippen LogP contribution in [0.25, 0.3) is 0 Å². The number of piperazine rings is 1. The predicted molar refractivity (Wildman–Crippen MR) is 48.9 cm³/mol. The molecule has 3 nitrogen and oxygen atoms in total. The van der Waals surface area contributed by atoms with Crippen molar-refractivity contribution in [2.24, 2.45) is 0 Å². The van der Waals surface area contributed by atoms with E-state index in [1.165, 1.54) is 12.8 Å². The molecule has 2 N–H and O–H groups in total. The number of nitrogens with one attached hydrogen (secondary N) is 2. The SMILES string of the molecule is CCCCCC1NCCNC1=O. The maximum atomic E-state index is 11.2. The molecule has 0 bridgehead atoms. The van der Waals surface area contributed by atoms with Gasteiger partial charge in [0.1, 0.15) is 0 Å². The maximum Gasteiger partial charge on any atom is 0.237 e. The van der Waals surface area contributed by atoms with Crippen LogP contribution in [0.15, 0.2) is 0 Å². The minimum Gasteiger partial charge on any atom is -0.353 e. The summed E-state index contributed by atoms with van der Waals surface area (Å²) in [4.78, 5) is 11.2. The fourth-order valence-corrected chi connectivity index (χ4v) is 1.48. The van der Waals surface area contributed by atoms with Gasteiger partial charge in [0, 0.05) is 13.1 Å². The Morgan fingerprint density at radius 1 is 1.42 bits per heavy atom. The van der Waals surface area contributed by atoms with E-state index in [0.29, 0.717) is 0 Å². The number of carbonyl (C=O) groups excluding carboxylic acids is 1. The summed E-state index contributed by atoms with van der Waals surface area (Å²) >= 11 is 0. The highest BCUT2D eigenvalue weighted by Gasteiger charge is 2.19. The molecule has 1 amide bonds. The van der Waals surface area contributed by atoms with Gasteiger partial charge in [0.25, 0.3) is 0 Å². The molecule has 0 aromatic heterocycles. The summed E-state index contributed by atoms with van der Waals surface area (Å²) in [5.41, 5.74) is 0. The van der Waals surface area contributed by atoms with Crippen molar-refractivity contribution in [1.82, 2.24) is 10.6 Å². The average Bonchev–Trinajstić information content (AvgIpc) is 2.09. The van der Waals surface area contributed by atoms with Crippen molar-refractivity contribution in [3.63, 3.8) is 0 Å². The lowest BCUT2D eigenvalue weighted by atomic mass is 10.1. The Labute approximate surface area is 73.9 Å². The summed E-state index contributed by atoms with van der Waals surface area (Å²) in [7, 11) is 0. The van der Waals surface area contributed by atoms with Crippen molar-refractivity contribution in [2.75, 3.05) is 13.1 Å². The van der Waals surface area contributed by atoms with E-state index in [1.54, 1.807) is 0 Å². The van der Waals surface area contributed by atoms with Crippen molar-refractivity contribution in [3.05, 3.63) is 0 Å². The molecule has 12 heavy (non-hydrogen) atoms. The van der Waals surface area contributed by atoms with Gasteiger partial charge in [-0.1, -0.05) is 26.2 Å². The molecule has 0 radical (unpaired) electrons. The van der Waals surface area contributed by atoms with Gasteiger partial charge in [-0.05, 0) is 6.42 Å². The molecule has 0 aliphatic carbocycles. The summed E-state index contributed by atoms with van der Waals surface area (Å²) in [5.74, 6) is 0.178. The van der Waals surface area contributed by atoms with Gasteiger partial charge in [0.05, 0.1) is 6.04 Å². The van der Waals surface area contributed by atoms with Gasteiger partial charge in [0.15, 0.2) is 0 Å². The molecule has 0 saturated carbocycles. The van der Waals surface area contributed by atoms with Gasteiger partial charge >= 0.3 is 0 Å². The largest absolute Gasteiger partial charge is 0.353 e. The smallest absolute Gasteiger partial charge is 0.237 e. The third-order valence-corrected chi connectivity index (χ3v) is 2.23. The minimum atomic E-state index is 0.0744. The van der Waals surface area contributed by atoms with E-state index in [9.17, 15) is 4.79 Å². The lowest BCUT2D eigenvalue weighted by Gasteiger charge is -2.23. The Morgan fingerprint density at radius 2 is 2.25 bits per heavy atom. The Morgan fingerprint density at radius 3 is 2.92 bits per heavy atom. The molecule has 0 aromatic rings. The van der Waals surface area contributed by atoms with Crippen LogP contribution in [0.3, 0.4) is 0 Å².